The van der Waals surface area contributed by atoms with E-state index in [4.69, 9.17) is 16.7 Å². The van der Waals surface area contributed by atoms with Gasteiger partial charge in [-0.05, 0) is 6.42 Å². The quantitative estimate of drug-likeness (QED) is 0.750. The van der Waals surface area contributed by atoms with Crippen LogP contribution in [0, 0.1) is 5.82 Å². The lowest BCUT2D eigenvalue weighted by molar-refractivity contribution is 0.0694. The van der Waals surface area contributed by atoms with Crippen LogP contribution >= 0.6 is 11.6 Å². The van der Waals surface area contributed by atoms with Crippen LogP contribution in [0.4, 0.5) is 4.39 Å². The van der Waals surface area contributed by atoms with Crippen LogP contribution < -0.4 is 0 Å². The van der Waals surface area contributed by atoms with Crippen molar-refractivity contribution in [3.63, 3.8) is 0 Å². The molecule has 0 atom stereocenters. The summed E-state index contributed by atoms with van der Waals surface area (Å²) < 4.78 is 13.0. The molecule has 0 aliphatic rings. The Morgan fingerprint density at radius 2 is 2.38 bits per heavy atom. The van der Waals surface area contributed by atoms with Crippen LogP contribution in [0.2, 0.25) is 5.15 Å². The van der Waals surface area contributed by atoms with Gasteiger partial charge in [-0.2, -0.15) is 0 Å². The second-order valence-electron chi connectivity index (χ2n) is 2.41. The Labute approximate surface area is 79.2 Å². The van der Waals surface area contributed by atoms with Crippen molar-refractivity contribution in [2.45, 2.75) is 13.3 Å². The molecule has 0 aliphatic heterocycles. The maximum atomic E-state index is 13.0. The number of halogens is 2. The van der Waals surface area contributed by atoms with Crippen LogP contribution in [0.5, 0.6) is 0 Å². The predicted molar refractivity (Wildman–Crippen MR) is 45.5 cm³/mol. The zero-order valence-corrected chi connectivity index (χ0v) is 7.60. The van der Waals surface area contributed by atoms with Crippen molar-refractivity contribution >= 4 is 17.6 Å². The molecule has 1 heterocycles. The predicted octanol–water partition coefficient (Wildman–Crippen LogP) is 2.13. The molecule has 3 nitrogen and oxygen atoms in total. The Morgan fingerprint density at radius 1 is 1.77 bits per heavy atom. The number of carboxylic acid groups (broad SMARTS) is 1. The topological polar surface area (TPSA) is 50.2 Å². The number of aromatic carboxylic acids is 1. The summed E-state index contributed by atoms with van der Waals surface area (Å²) in [5, 5.41) is 8.54. The molecule has 0 fully saturated rings. The van der Waals surface area contributed by atoms with Gasteiger partial charge in [0.25, 0.3) is 0 Å². The largest absolute Gasteiger partial charge is 0.478 e. The third-order valence-corrected chi connectivity index (χ3v) is 1.94. The molecule has 0 radical (unpaired) electrons. The highest BCUT2D eigenvalue weighted by Gasteiger charge is 2.17. The van der Waals surface area contributed by atoms with Crippen molar-refractivity contribution in [3.8, 4) is 0 Å². The zero-order valence-electron chi connectivity index (χ0n) is 6.84. The summed E-state index contributed by atoms with van der Waals surface area (Å²) >= 11 is 5.52. The average Bonchev–Trinajstić information content (AvgIpc) is 2.07. The van der Waals surface area contributed by atoms with E-state index in [1.54, 1.807) is 6.92 Å². The van der Waals surface area contributed by atoms with Gasteiger partial charge in [0, 0.05) is 5.56 Å². The van der Waals surface area contributed by atoms with Crippen LogP contribution in [-0.2, 0) is 6.42 Å². The molecule has 0 saturated carbocycles. The van der Waals surface area contributed by atoms with Gasteiger partial charge in [-0.1, -0.05) is 18.5 Å². The van der Waals surface area contributed by atoms with E-state index in [9.17, 15) is 9.18 Å². The normalized spacial score (nSPS) is 10.1. The van der Waals surface area contributed by atoms with Gasteiger partial charge in [-0.3, -0.25) is 0 Å². The fourth-order valence-corrected chi connectivity index (χ4v) is 1.31. The molecule has 0 aromatic carbocycles. The smallest absolute Gasteiger partial charge is 0.339 e. The first kappa shape index (κ1) is 9.92. The molecule has 0 amide bonds. The molecule has 13 heavy (non-hydrogen) atoms. The third-order valence-electron chi connectivity index (χ3n) is 1.66. The number of nitrogens with zero attached hydrogens (tertiary/aromatic N) is 1. The second kappa shape index (κ2) is 3.70. The number of aromatic nitrogens is 1. The first-order valence-electron chi connectivity index (χ1n) is 3.64. The van der Waals surface area contributed by atoms with Gasteiger partial charge < -0.3 is 5.11 Å². The summed E-state index contributed by atoms with van der Waals surface area (Å²) in [7, 11) is 0. The van der Waals surface area contributed by atoms with Crippen molar-refractivity contribution in [3.05, 3.63) is 28.3 Å². The Hall–Kier alpha value is -1.16. The van der Waals surface area contributed by atoms with Gasteiger partial charge in [0.15, 0.2) is 0 Å². The summed E-state index contributed by atoms with van der Waals surface area (Å²) in [5.41, 5.74) is -0.156. The van der Waals surface area contributed by atoms with Crippen LogP contribution in [0.15, 0.2) is 6.20 Å². The second-order valence-corrected chi connectivity index (χ2v) is 2.77. The number of pyridine rings is 1. The minimum atomic E-state index is -1.26. The molecule has 0 bridgehead atoms. The first-order valence-corrected chi connectivity index (χ1v) is 4.01. The minimum Gasteiger partial charge on any atom is -0.478 e. The van der Waals surface area contributed by atoms with Crippen LogP contribution in [0.3, 0.4) is 0 Å². The lowest BCUT2D eigenvalue weighted by Gasteiger charge is -2.05. The zero-order chi connectivity index (χ0) is 10.0. The standard InChI is InChI=1S/C8H7ClFNO2/c1-2-4-5(10)3-11-7(9)6(4)8(12)13/h3H,2H2,1H3,(H,12,13). The van der Waals surface area contributed by atoms with Gasteiger partial charge in [0.2, 0.25) is 0 Å². The first-order chi connectivity index (χ1) is 6.07. The highest BCUT2D eigenvalue weighted by atomic mass is 35.5. The molecule has 0 spiro atoms. The minimum absolute atomic E-state index is 0.0903. The molecule has 70 valence electrons. The third kappa shape index (κ3) is 1.78. The lowest BCUT2D eigenvalue weighted by Crippen LogP contribution is -2.06. The van der Waals surface area contributed by atoms with Crippen LogP contribution in [-0.4, -0.2) is 16.1 Å². The molecule has 0 unspecified atom stereocenters. The van der Waals surface area contributed by atoms with Crippen LogP contribution in [0.25, 0.3) is 0 Å². The molecule has 0 saturated heterocycles. The van der Waals surface area contributed by atoms with Gasteiger partial charge in [-0.25, -0.2) is 14.2 Å². The fourth-order valence-electron chi connectivity index (χ4n) is 1.06. The van der Waals surface area contributed by atoms with Gasteiger partial charge in [0.1, 0.15) is 16.5 Å². The summed E-state index contributed by atoms with van der Waals surface area (Å²) in [5.74, 6) is -1.89. The molecule has 1 rings (SSSR count). The number of rotatable bonds is 2. The van der Waals surface area contributed by atoms with Crippen molar-refractivity contribution < 1.29 is 14.3 Å². The van der Waals surface area contributed by atoms with E-state index in [1.165, 1.54) is 0 Å². The highest BCUT2D eigenvalue weighted by molar-refractivity contribution is 6.32. The number of carboxylic acids is 1. The van der Waals surface area contributed by atoms with E-state index >= 15 is 0 Å². The van der Waals surface area contributed by atoms with E-state index in [2.05, 4.69) is 4.98 Å². The van der Waals surface area contributed by atoms with Gasteiger partial charge in [-0.15, -0.1) is 0 Å². The SMILES string of the molecule is CCc1c(F)cnc(Cl)c1C(=O)O. The summed E-state index contributed by atoms with van der Waals surface area (Å²) in [6.45, 7) is 1.65. The van der Waals surface area contributed by atoms with E-state index in [0.29, 0.717) is 0 Å². The average molecular weight is 204 g/mol. The number of carbonyl (C=O) groups is 1. The Balaban J connectivity index is 3.43. The summed E-state index contributed by atoms with van der Waals surface area (Å²) in [6, 6.07) is 0. The van der Waals surface area contributed by atoms with Crippen molar-refractivity contribution in [2.24, 2.45) is 0 Å². The van der Waals surface area contributed by atoms with E-state index in [1.807, 2.05) is 0 Å². The van der Waals surface area contributed by atoms with Gasteiger partial charge in [0.05, 0.1) is 6.20 Å². The molecule has 5 heteroatoms. The molecular weight excluding hydrogens is 197 g/mol. The fraction of sp³-hybridized carbons (Fsp3) is 0.250. The molecule has 1 aromatic rings. The molecular formula is C8H7ClFNO2. The van der Waals surface area contributed by atoms with Crippen molar-refractivity contribution in [1.82, 2.24) is 4.98 Å². The number of hydrogen-bond acceptors (Lipinski definition) is 2. The Bertz CT molecular complexity index is 354. The molecule has 1 aromatic heterocycles. The maximum absolute atomic E-state index is 13.0. The Morgan fingerprint density at radius 3 is 2.77 bits per heavy atom. The highest BCUT2D eigenvalue weighted by Crippen LogP contribution is 2.20. The van der Waals surface area contributed by atoms with E-state index in [0.717, 1.165) is 6.20 Å². The number of hydrogen-bond donors (Lipinski definition) is 1. The Kier molecular flexibility index (Phi) is 2.83. The van der Waals surface area contributed by atoms with E-state index in [-0.39, 0.29) is 22.7 Å². The van der Waals surface area contributed by atoms with Crippen molar-refractivity contribution in [1.29, 1.82) is 0 Å². The van der Waals surface area contributed by atoms with Crippen molar-refractivity contribution in [2.75, 3.05) is 0 Å². The molecule has 0 aliphatic carbocycles. The van der Waals surface area contributed by atoms with Crippen LogP contribution in [0.1, 0.15) is 22.8 Å². The maximum Gasteiger partial charge on any atom is 0.339 e. The molecule has 1 N–H and O–H groups in total. The lowest BCUT2D eigenvalue weighted by atomic mass is 10.1. The van der Waals surface area contributed by atoms with E-state index < -0.39 is 11.8 Å². The monoisotopic (exact) mass is 203 g/mol. The van der Waals surface area contributed by atoms with Gasteiger partial charge >= 0.3 is 5.97 Å². The summed E-state index contributed by atoms with van der Waals surface area (Å²) in [6.07, 6.45) is 1.20. The summed E-state index contributed by atoms with van der Waals surface area (Å²) in [4.78, 5) is 14.1.